The molecule has 0 N–H and O–H groups in total. The molecule has 0 amide bonds. The second-order valence-electron chi connectivity index (χ2n) is 7.61. The first-order valence-electron chi connectivity index (χ1n) is 10.3. The lowest BCUT2D eigenvalue weighted by Gasteiger charge is -2.12. The molecule has 0 bridgehead atoms. The lowest BCUT2D eigenvalue weighted by atomic mass is 10.2. The largest absolute Gasteiger partial charge is 0.316 e. The molecule has 0 unspecified atom stereocenters. The number of benzene rings is 2. The highest BCUT2D eigenvalue weighted by Gasteiger charge is 2.29. The summed E-state index contributed by atoms with van der Waals surface area (Å²) < 4.78 is 2.38. The summed E-state index contributed by atoms with van der Waals surface area (Å²) in [4.78, 5) is 18.8. The Bertz CT molecular complexity index is 1360. The van der Waals surface area contributed by atoms with E-state index in [2.05, 4.69) is 39.9 Å². The van der Waals surface area contributed by atoms with E-state index in [1.54, 1.807) is 24.2 Å². The Kier molecular flexibility index (Phi) is 4.50. The average Bonchev–Trinajstić information content (AvgIpc) is 3.59. The minimum absolute atomic E-state index is 0.506. The summed E-state index contributed by atoms with van der Waals surface area (Å²) in [7, 11) is 0. The van der Waals surface area contributed by atoms with Crippen LogP contribution in [0.25, 0.3) is 33.5 Å². The Labute approximate surface area is 184 Å². The standard InChI is InChI=1S/C25H19N5S/c1-2-7-17(8-3-1)22-16-27-25(30(22)19-12-13-19)31-24-20-10-4-5-11-21(20)28-23(29-24)18-9-6-14-26-15-18/h1-11,14-16,19H,12-13H2. The number of hydrogen-bond donors (Lipinski definition) is 0. The SMILES string of the molecule is c1ccc(-c2cnc(Sc3nc(-c4cccnc4)nc4ccccc34)n2C2CC2)cc1. The van der Waals surface area contributed by atoms with Gasteiger partial charge in [0, 0.05) is 29.4 Å². The third-order valence-corrected chi connectivity index (χ3v) is 6.41. The fraction of sp³-hybridized carbons (Fsp3) is 0.120. The van der Waals surface area contributed by atoms with Crippen molar-refractivity contribution in [2.24, 2.45) is 0 Å². The molecule has 5 nitrogen and oxygen atoms in total. The van der Waals surface area contributed by atoms with Crippen LogP contribution in [0.3, 0.4) is 0 Å². The Hall–Kier alpha value is -3.51. The van der Waals surface area contributed by atoms with Crippen molar-refractivity contribution in [3.05, 3.63) is 85.3 Å². The number of hydrogen-bond acceptors (Lipinski definition) is 5. The maximum absolute atomic E-state index is 4.93. The Morgan fingerprint density at radius 3 is 2.42 bits per heavy atom. The molecule has 2 aromatic carbocycles. The van der Waals surface area contributed by atoms with Crippen molar-refractivity contribution in [3.63, 3.8) is 0 Å². The Morgan fingerprint density at radius 1 is 0.806 bits per heavy atom. The van der Waals surface area contributed by atoms with Gasteiger partial charge in [0.05, 0.1) is 17.4 Å². The highest BCUT2D eigenvalue weighted by Crippen LogP contribution is 2.43. The van der Waals surface area contributed by atoms with E-state index in [1.807, 2.05) is 42.6 Å². The number of pyridine rings is 1. The van der Waals surface area contributed by atoms with Gasteiger partial charge < -0.3 is 4.57 Å². The number of imidazole rings is 1. The van der Waals surface area contributed by atoms with Gasteiger partial charge in [-0.3, -0.25) is 4.98 Å². The van der Waals surface area contributed by atoms with Crippen molar-refractivity contribution in [1.82, 2.24) is 24.5 Å². The van der Waals surface area contributed by atoms with Gasteiger partial charge in [0.1, 0.15) is 5.03 Å². The number of fused-ring (bicyclic) bond motifs is 1. The molecular weight excluding hydrogens is 402 g/mol. The van der Waals surface area contributed by atoms with E-state index < -0.39 is 0 Å². The molecule has 1 fully saturated rings. The second kappa shape index (κ2) is 7.63. The van der Waals surface area contributed by atoms with Gasteiger partial charge in [0.15, 0.2) is 11.0 Å². The monoisotopic (exact) mass is 421 g/mol. The van der Waals surface area contributed by atoms with Crippen LogP contribution in [0.2, 0.25) is 0 Å². The van der Waals surface area contributed by atoms with Crippen molar-refractivity contribution >= 4 is 22.7 Å². The lowest BCUT2D eigenvalue weighted by Crippen LogP contribution is -2.00. The van der Waals surface area contributed by atoms with E-state index in [0.29, 0.717) is 11.9 Å². The number of aromatic nitrogens is 5. The first kappa shape index (κ1) is 18.3. The molecule has 6 heteroatoms. The summed E-state index contributed by atoms with van der Waals surface area (Å²) in [5.41, 5.74) is 4.19. The van der Waals surface area contributed by atoms with Crippen molar-refractivity contribution in [3.8, 4) is 22.6 Å². The normalized spacial score (nSPS) is 13.5. The van der Waals surface area contributed by atoms with Gasteiger partial charge >= 0.3 is 0 Å². The predicted octanol–water partition coefficient (Wildman–Crippen LogP) is 6.04. The molecule has 0 saturated heterocycles. The molecule has 6 rings (SSSR count). The smallest absolute Gasteiger partial charge is 0.175 e. The van der Waals surface area contributed by atoms with E-state index in [-0.39, 0.29) is 0 Å². The average molecular weight is 422 g/mol. The molecule has 3 heterocycles. The highest BCUT2D eigenvalue weighted by molar-refractivity contribution is 7.99. The van der Waals surface area contributed by atoms with Crippen molar-refractivity contribution < 1.29 is 0 Å². The summed E-state index contributed by atoms with van der Waals surface area (Å²) in [5.74, 6) is 0.683. The molecule has 1 aliphatic carbocycles. The summed E-state index contributed by atoms with van der Waals surface area (Å²) in [6.07, 6.45) is 7.93. The predicted molar refractivity (Wildman–Crippen MR) is 123 cm³/mol. The van der Waals surface area contributed by atoms with Crippen LogP contribution >= 0.6 is 11.8 Å². The van der Waals surface area contributed by atoms with E-state index in [9.17, 15) is 0 Å². The first-order valence-corrected chi connectivity index (χ1v) is 11.2. The molecule has 1 saturated carbocycles. The minimum atomic E-state index is 0.506. The van der Waals surface area contributed by atoms with Crippen LogP contribution in [-0.4, -0.2) is 24.5 Å². The second-order valence-corrected chi connectivity index (χ2v) is 8.56. The summed E-state index contributed by atoms with van der Waals surface area (Å²) in [6, 6.07) is 23.0. The molecule has 0 atom stereocenters. The van der Waals surface area contributed by atoms with E-state index in [0.717, 1.165) is 32.3 Å². The fourth-order valence-electron chi connectivity index (χ4n) is 3.76. The van der Waals surface area contributed by atoms with Crippen LogP contribution in [0.1, 0.15) is 18.9 Å². The van der Waals surface area contributed by atoms with Gasteiger partial charge in [-0.15, -0.1) is 0 Å². The van der Waals surface area contributed by atoms with Crippen LogP contribution in [0, 0.1) is 0 Å². The van der Waals surface area contributed by atoms with E-state index in [1.165, 1.54) is 18.4 Å². The zero-order valence-electron chi connectivity index (χ0n) is 16.7. The van der Waals surface area contributed by atoms with E-state index >= 15 is 0 Å². The molecule has 5 aromatic rings. The highest BCUT2D eigenvalue weighted by atomic mass is 32.2. The van der Waals surface area contributed by atoms with Crippen molar-refractivity contribution in [2.75, 3.05) is 0 Å². The van der Waals surface area contributed by atoms with Crippen LogP contribution < -0.4 is 0 Å². The number of para-hydroxylation sites is 1. The number of rotatable bonds is 5. The van der Waals surface area contributed by atoms with Crippen molar-refractivity contribution in [2.45, 2.75) is 29.1 Å². The topological polar surface area (TPSA) is 56.5 Å². The Balaban J connectivity index is 1.48. The summed E-state index contributed by atoms with van der Waals surface area (Å²) in [5, 5.41) is 2.92. The van der Waals surface area contributed by atoms with Gasteiger partial charge in [0.2, 0.25) is 0 Å². The lowest BCUT2D eigenvalue weighted by molar-refractivity contribution is 0.669. The molecule has 0 radical (unpaired) electrons. The minimum Gasteiger partial charge on any atom is -0.316 e. The Morgan fingerprint density at radius 2 is 1.61 bits per heavy atom. The first-order chi connectivity index (χ1) is 15.4. The molecule has 0 spiro atoms. The van der Waals surface area contributed by atoms with E-state index in [4.69, 9.17) is 15.0 Å². The third-order valence-electron chi connectivity index (χ3n) is 5.42. The summed E-state index contributed by atoms with van der Waals surface area (Å²) >= 11 is 1.62. The molecule has 31 heavy (non-hydrogen) atoms. The molecular formula is C25H19N5S. The maximum atomic E-state index is 4.93. The summed E-state index contributed by atoms with van der Waals surface area (Å²) in [6.45, 7) is 0. The van der Waals surface area contributed by atoms with Crippen LogP contribution in [0.5, 0.6) is 0 Å². The van der Waals surface area contributed by atoms with Gasteiger partial charge in [-0.05, 0) is 48.4 Å². The molecule has 1 aliphatic rings. The quantitative estimate of drug-likeness (QED) is 0.324. The third kappa shape index (κ3) is 3.49. The van der Waals surface area contributed by atoms with Gasteiger partial charge in [-0.1, -0.05) is 48.5 Å². The molecule has 150 valence electrons. The van der Waals surface area contributed by atoms with Crippen LogP contribution in [0.15, 0.2) is 95.5 Å². The molecule has 3 aromatic heterocycles. The van der Waals surface area contributed by atoms with Crippen LogP contribution in [-0.2, 0) is 0 Å². The van der Waals surface area contributed by atoms with Crippen LogP contribution in [0.4, 0.5) is 0 Å². The zero-order chi connectivity index (χ0) is 20.6. The zero-order valence-corrected chi connectivity index (χ0v) is 17.5. The van der Waals surface area contributed by atoms with Gasteiger partial charge in [-0.25, -0.2) is 15.0 Å². The number of nitrogens with zero attached hydrogens (tertiary/aromatic N) is 5. The van der Waals surface area contributed by atoms with Crippen molar-refractivity contribution in [1.29, 1.82) is 0 Å². The van der Waals surface area contributed by atoms with Gasteiger partial charge in [-0.2, -0.15) is 0 Å². The fourth-order valence-corrected chi connectivity index (χ4v) is 4.80. The molecule has 0 aliphatic heterocycles. The van der Waals surface area contributed by atoms with Gasteiger partial charge in [0.25, 0.3) is 0 Å². The maximum Gasteiger partial charge on any atom is 0.175 e.